The Hall–Kier alpha value is -1.68. The highest BCUT2D eigenvalue weighted by Crippen LogP contribution is 1.99. The number of rotatable bonds is 10. The predicted molar refractivity (Wildman–Crippen MR) is 103 cm³/mol. The SMILES string of the molecule is NC(=NCCCN1CCOCC1)NCCS(=O)(=O)NCc1ccccc1. The van der Waals surface area contributed by atoms with Crippen LogP contribution in [0.4, 0.5) is 0 Å². The summed E-state index contributed by atoms with van der Waals surface area (Å²) in [6.07, 6.45) is 0.916. The molecule has 0 bridgehead atoms. The Morgan fingerprint density at radius 3 is 2.69 bits per heavy atom. The average molecular weight is 384 g/mol. The Labute approximate surface area is 155 Å². The van der Waals surface area contributed by atoms with Crippen LogP contribution in [0.15, 0.2) is 35.3 Å². The Bertz CT molecular complexity index is 646. The van der Waals surface area contributed by atoms with E-state index in [1.165, 1.54) is 0 Å². The van der Waals surface area contributed by atoms with Gasteiger partial charge in [-0.15, -0.1) is 0 Å². The number of ether oxygens (including phenoxy) is 1. The van der Waals surface area contributed by atoms with Crippen LogP contribution in [0.3, 0.4) is 0 Å². The molecule has 1 aliphatic rings. The number of nitrogens with two attached hydrogens (primary N) is 1. The van der Waals surface area contributed by atoms with Crippen LogP contribution in [0.5, 0.6) is 0 Å². The second-order valence-electron chi connectivity index (χ2n) is 6.13. The number of sulfonamides is 1. The maximum atomic E-state index is 12.0. The summed E-state index contributed by atoms with van der Waals surface area (Å²) >= 11 is 0. The highest BCUT2D eigenvalue weighted by Gasteiger charge is 2.10. The van der Waals surface area contributed by atoms with E-state index in [2.05, 4.69) is 19.9 Å². The Morgan fingerprint density at radius 1 is 1.23 bits per heavy atom. The van der Waals surface area contributed by atoms with E-state index in [1.54, 1.807) is 0 Å². The van der Waals surface area contributed by atoms with Crippen LogP contribution in [-0.2, 0) is 21.3 Å². The molecule has 2 rings (SSSR count). The quantitative estimate of drug-likeness (QED) is 0.292. The molecule has 0 radical (unpaired) electrons. The van der Waals surface area contributed by atoms with E-state index in [9.17, 15) is 8.42 Å². The van der Waals surface area contributed by atoms with Gasteiger partial charge in [0.05, 0.1) is 19.0 Å². The standard InChI is InChI=1S/C17H29N5O3S/c18-17(19-7-4-9-22-10-12-25-13-11-22)20-8-14-26(23,24)21-15-16-5-2-1-3-6-16/h1-3,5-6,21H,4,7-15H2,(H3,18,19,20). The summed E-state index contributed by atoms with van der Waals surface area (Å²) < 4.78 is 31.8. The Morgan fingerprint density at radius 2 is 1.96 bits per heavy atom. The smallest absolute Gasteiger partial charge is 0.213 e. The fraction of sp³-hybridized carbons (Fsp3) is 0.588. The van der Waals surface area contributed by atoms with Crippen molar-refractivity contribution in [3.63, 3.8) is 0 Å². The fourth-order valence-corrected chi connectivity index (χ4v) is 3.45. The van der Waals surface area contributed by atoms with Gasteiger partial charge in [0.15, 0.2) is 5.96 Å². The summed E-state index contributed by atoms with van der Waals surface area (Å²) in [6, 6.07) is 9.40. The minimum absolute atomic E-state index is 0.0518. The lowest BCUT2D eigenvalue weighted by atomic mass is 10.2. The van der Waals surface area contributed by atoms with Gasteiger partial charge >= 0.3 is 0 Å². The van der Waals surface area contributed by atoms with Crippen molar-refractivity contribution in [2.45, 2.75) is 13.0 Å². The van der Waals surface area contributed by atoms with E-state index in [1.807, 2.05) is 30.3 Å². The number of nitrogens with zero attached hydrogens (tertiary/aromatic N) is 2. The first-order chi connectivity index (χ1) is 12.6. The van der Waals surface area contributed by atoms with E-state index in [-0.39, 0.29) is 24.8 Å². The zero-order chi connectivity index (χ0) is 18.7. The van der Waals surface area contributed by atoms with E-state index in [0.29, 0.717) is 6.54 Å². The lowest BCUT2D eigenvalue weighted by Crippen LogP contribution is -2.38. The van der Waals surface area contributed by atoms with Crippen molar-refractivity contribution in [2.75, 3.05) is 51.7 Å². The van der Waals surface area contributed by atoms with Gasteiger partial charge in [0, 0.05) is 39.3 Å². The summed E-state index contributed by atoms with van der Waals surface area (Å²) in [6.45, 7) is 5.61. The Kier molecular flexibility index (Phi) is 8.82. The molecule has 26 heavy (non-hydrogen) atoms. The second-order valence-corrected chi connectivity index (χ2v) is 8.05. The molecule has 0 spiro atoms. The van der Waals surface area contributed by atoms with Crippen LogP contribution in [-0.4, -0.2) is 71.0 Å². The zero-order valence-electron chi connectivity index (χ0n) is 15.1. The van der Waals surface area contributed by atoms with E-state index in [0.717, 1.165) is 44.8 Å². The largest absolute Gasteiger partial charge is 0.379 e. The van der Waals surface area contributed by atoms with Crippen molar-refractivity contribution in [1.29, 1.82) is 0 Å². The van der Waals surface area contributed by atoms with E-state index < -0.39 is 10.0 Å². The molecule has 4 N–H and O–H groups in total. The normalized spacial score (nSPS) is 16.5. The number of guanidine groups is 1. The lowest BCUT2D eigenvalue weighted by Gasteiger charge is -2.26. The molecular weight excluding hydrogens is 354 g/mol. The Balaban J connectivity index is 1.58. The summed E-state index contributed by atoms with van der Waals surface area (Å²) in [5, 5.41) is 2.85. The average Bonchev–Trinajstić information content (AvgIpc) is 2.65. The van der Waals surface area contributed by atoms with Gasteiger partial charge in [-0.2, -0.15) is 0 Å². The van der Waals surface area contributed by atoms with E-state index in [4.69, 9.17) is 10.5 Å². The van der Waals surface area contributed by atoms with Crippen LogP contribution >= 0.6 is 0 Å². The van der Waals surface area contributed by atoms with Crippen LogP contribution in [0, 0.1) is 0 Å². The van der Waals surface area contributed by atoms with Gasteiger partial charge in [0.1, 0.15) is 0 Å². The number of hydrogen-bond acceptors (Lipinski definition) is 5. The summed E-state index contributed by atoms with van der Waals surface area (Å²) in [5.74, 6) is 0.231. The molecule has 0 amide bonds. The number of nitrogens with one attached hydrogen (secondary N) is 2. The van der Waals surface area contributed by atoms with Crippen molar-refractivity contribution in [2.24, 2.45) is 10.7 Å². The summed E-state index contributed by atoms with van der Waals surface area (Å²) in [7, 11) is -3.36. The monoisotopic (exact) mass is 383 g/mol. The van der Waals surface area contributed by atoms with Gasteiger partial charge in [0.2, 0.25) is 10.0 Å². The first-order valence-corrected chi connectivity index (χ1v) is 10.6. The molecule has 9 heteroatoms. The molecule has 0 aliphatic carbocycles. The fourth-order valence-electron chi connectivity index (χ4n) is 2.55. The first kappa shape index (κ1) is 20.6. The van der Waals surface area contributed by atoms with Crippen LogP contribution in [0.25, 0.3) is 0 Å². The molecule has 0 atom stereocenters. The minimum Gasteiger partial charge on any atom is -0.379 e. The number of hydrogen-bond donors (Lipinski definition) is 3. The molecule has 0 saturated carbocycles. The van der Waals surface area contributed by atoms with Crippen LogP contribution in [0.2, 0.25) is 0 Å². The molecule has 1 heterocycles. The van der Waals surface area contributed by atoms with Gasteiger partial charge in [-0.1, -0.05) is 30.3 Å². The third-order valence-corrected chi connectivity index (χ3v) is 5.36. The number of benzene rings is 1. The van der Waals surface area contributed by atoms with E-state index >= 15 is 0 Å². The maximum absolute atomic E-state index is 12.0. The topological polar surface area (TPSA) is 109 Å². The maximum Gasteiger partial charge on any atom is 0.213 e. The first-order valence-electron chi connectivity index (χ1n) is 8.90. The molecule has 146 valence electrons. The molecule has 0 aromatic heterocycles. The molecule has 1 fully saturated rings. The molecule has 1 aromatic carbocycles. The van der Waals surface area contributed by atoms with Crippen molar-refractivity contribution in [3.05, 3.63) is 35.9 Å². The third-order valence-electron chi connectivity index (χ3n) is 4.03. The van der Waals surface area contributed by atoms with Gasteiger partial charge in [0.25, 0.3) is 0 Å². The predicted octanol–water partition coefficient (Wildman–Crippen LogP) is -0.267. The van der Waals surface area contributed by atoms with Crippen LogP contribution < -0.4 is 15.8 Å². The zero-order valence-corrected chi connectivity index (χ0v) is 15.9. The van der Waals surface area contributed by atoms with Crippen molar-refractivity contribution >= 4 is 16.0 Å². The molecular formula is C17H29N5O3S. The number of morpholine rings is 1. The molecule has 1 saturated heterocycles. The minimum atomic E-state index is -3.36. The van der Waals surface area contributed by atoms with Crippen molar-refractivity contribution in [3.8, 4) is 0 Å². The van der Waals surface area contributed by atoms with Crippen LogP contribution in [0.1, 0.15) is 12.0 Å². The van der Waals surface area contributed by atoms with Crippen molar-refractivity contribution < 1.29 is 13.2 Å². The highest BCUT2D eigenvalue weighted by molar-refractivity contribution is 7.89. The summed E-state index contributed by atoms with van der Waals surface area (Å²) in [4.78, 5) is 6.57. The molecule has 1 aliphatic heterocycles. The van der Waals surface area contributed by atoms with Gasteiger partial charge in [-0.05, 0) is 12.0 Å². The molecule has 1 aromatic rings. The van der Waals surface area contributed by atoms with Gasteiger partial charge in [-0.3, -0.25) is 9.89 Å². The third kappa shape index (κ3) is 8.61. The van der Waals surface area contributed by atoms with Gasteiger partial charge < -0.3 is 15.8 Å². The van der Waals surface area contributed by atoms with Gasteiger partial charge in [-0.25, -0.2) is 13.1 Å². The second kappa shape index (κ2) is 11.1. The lowest BCUT2D eigenvalue weighted by molar-refractivity contribution is 0.0377. The highest BCUT2D eigenvalue weighted by atomic mass is 32.2. The number of aliphatic imine (C=N–C) groups is 1. The van der Waals surface area contributed by atoms with Crippen molar-refractivity contribution in [1.82, 2.24) is 14.9 Å². The molecule has 0 unspecified atom stereocenters. The molecule has 8 nitrogen and oxygen atoms in total. The summed E-state index contributed by atoms with van der Waals surface area (Å²) in [5.41, 5.74) is 6.70.